The number of carboxylic acid groups (broad SMARTS) is 1. The number of aliphatic hydroxyl groups excluding tert-OH is 1. The lowest BCUT2D eigenvalue weighted by molar-refractivity contribution is 0.0697. The summed E-state index contributed by atoms with van der Waals surface area (Å²) in [6, 6.07) is 3.53. The van der Waals surface area contributed by atoms with Crippen LogP contribution in [0, 0.1) is 12.8 Å². The lowest BCUT2D eigenvalue weighted by Crippen LogP contribution is -2.42. The van der Waals surface area contributed by atoms with Crippen molar-refractivity contribution in [2.45, 2.75) is 26.4 Å². The van der Waals surface area contributed by atoms with E-state index in [9.17, 15) is 9.90 Å². The van der Waals surface area contributed by atoms with Gasteiger partial charge in [0.15, 0.2) is 0 Å². The summed E-state index contributed by atoms with van der Waals surface area (Å²) in [5.74, 6) is -0.826. The van der Waals surface area contributed by atoms with Crippen LogP contribution in [0.4, 0.5) is 11.4 Å². The van der Waals surface area contributed by atoms with Crippen molar-refractivity contribution in [2.75, 3.05) is 23.7 Å². The maximum Gasteiger partial charge on any atom is 0.337 e. The van der Waals surface area contributed by atoms with Crippen LogP contribution in [-0.2, 0) is 0 Å². The molecule has 1 saturated heterocycles. The Morgan fingerprint density at radius 2 is 2.16 bits per heavy atom. The van der Waals surface area contributed by atoms with Crippen LogP contribution in [0.15, 0.2) is 12.1 Å². The van der Waals surface area contributed by atoms with Crippen LogP contribution in [-0.4, -0.2) is 35.4 Å². The van der Waals surface area contributed by atoms with Gasteiger partial charge in [0.1, 0.15) is 0 Å². The van der Waals surface area contributed by atoms with Crippen molar-refractivity contribution in [3.63, 3.8) is 0 Å². The third kappa shape index (κ3) is 2.66. The fourth-order valence-corrected chi connectivity index (χ4v) is 2.51. The van der Waals surface area contributed by atoms with Crippen LogP contribution in [0.5, 0.6) is 0 Å². The highest BCUT2D eigenvalue weighted by molar-refractivity contribution is 5.95. The first-order chi connectivity index (χ1) is 8.90. The molecule has 1 aromatic carbocycles. The number of nitrogens with two attached hydrogens (primary N) is 1. The molecule has 5 heteroatoms. The summed E-state index contributed by atoms with van der Waals surface area (Å²) in [5.41, 5.74) is 7.90. The van der Waals surface area contributed by atoms with Gasteiger partial charge in [-0.05, 0) is 37.0 Å². The number of rotatable bonds is 2. The number of nitrogen functional groups attached to an aromatic ring is 1. The summed E-state index contributed by atoms with van der Waals surface area (Å²) in [5, 5.41) is 18.9. The second-order valence-corrected chi connectivity index (χ2v) is 5.31. The second-order valence-electron chi connectivity index (χ2n) is 5.31. The van der Waals surface area contributed by atoms with Crippen molar-refractivity contribution in [3.8, 4) is 0 Å². The van der Waals surface area contributed by atoms with Crippen molar-refractivity contribution in [3.05, 3.63) is 23.3 Å². The Balaban J connectivity index is 2.33. The van der Waals surface area contributed by atoms with Gasteiger partial charge in [-0.3, -0.25) is 0 Å². The molecule has 0 spiro atoms. The minimum absolute atomic E-state index is 0.147. The Bertz CT molecular complexity index is 502. The molecule has 0 bridgehead atoms. The normalized spacial score (nSPS) is 23.4. The summed E-state index contributed by atoms with van der Waals surface area (Å²) >= 11 is 0. The first-order valence-electron chi connectivity index (χ1n) is 6.46. The Morgan fingerprint density at radius 3 is 2.74 bits per heavy atom. The molecule has 4 N–H and O–H groups in total. The van der Waals surface area contributed by atoms with E-state index in [1.807, 2.05) is 19.9 Å². The zero-order valence-corrected chi connectivity index (χ0v) is 11.3. The molecule has 5 nitrogen and oxygen atoms in total. The summed E-state index contributed by atoms with van der Waals surface area (Å²) in [6.45, 7) is 5.27. The third-order valence-corrected chi connectivity index (χ3v) is 3.83. The predicted octanol–water partition coefficient (Wildman–Crippen LogP) is 1.48. The number of nitrogens with zero attached hydrogens (tertiary/aromatic N) is 1. The van der Waals surface area contributed by atoms with E-state index in [0.29, 0.717) is 12.1 Å². The van der Waals surface area contributed by atoms with Crippen LogP contribution in [0.2, 0.25) is 0 Å². The van der Waals surface area contributed by atoms with Crippen LogP contribution >= 0.6 is 0 Å². The minimum atomic E-state index is -1.01. The van der Waals surface area contributed by atoms with Crippen molar-refractivity contribution < 1.29 is 15.0 Å². The van der Waals surface area contributed by atoms with Gasteiger partial charge in [-0.1, -0.05) is 6.92 Å². The highest BCUT2D eigenvalue weighted by Crippen LogP contribution is 2.28. The molecule has 1 aliphatic heterocycles. The zero-order valence-electron chi connectivity index (χ0n) is 11.3. The largest absolute Gasteiger partial charge is 0.478 e. The van der Waals surface area contributed by atoms with Crippen molar-refractivity contribution in [2.24, 2.45) is 5.92 Å². The number of aliphatic hydroxyl groups is 1. The van der Waals surface area contributed by atoms with E-state index in [0.717, 1.165) is 24.3 Å². The molecular formula is C14H20N2O3. The van der Waals surface area contributed by atoms with E-state index in [-0.39, 0.29) is 17.6 Å². The van der Waals surface area contributed by atoms with Gasteiger partial charge in [0.05, 0.1) is 11.7 Å². The highest BCUT2D eigenvalue weighted by Gasteiger charge is 2.25. The topological polar surface area (TPSA) is 86.8 Å². The molecule has 0 aromatic heterocycles. The number of piperidine rings is 1. The molecule has 2 unspecified atom stereocenters. The molecular weight excluding hydrogens is 244 g/mol. The first-order valence-corrected chi connectivity index (χ1v) is 6.46. The number of benzene rings is 1. The minimum Gasteiger partial charge on any atom is -0.478 e. The van der Waals surface area contributed by atoms with Crippen LogP contribution < -0.4 is 10.6 Å². The molecule has 2 atom stereocenters. The van der Waals surface area contributed by atoms with Crippen molar-refractivity contribution in [1.82, 2.24) is 0 Å². The first kappa shape index (κ1) is 13.7. The van der Waals surface area contributed by atoms with Gasteiger partial charge in [0.25, 0.3) is 0 Å². The fraction of sp³-hybridized carbons (Fsp3) is 0.500. The molecule has 0 radical (unpaired) electrons. The Morgan fingerprint density at radius 1 is 1.47 bits per heavy atom. The third-order valence-electron chi connectivity index (χ3n) is 3.83. The van der Waals surface area contributed by atoms with E-state index >= 15 is 0 Å². The lowest BCUT2D eigenvalue weighted by atomic mass is 9.95. The van der Waals surface area contributed by atoms with Crippen molar-refractivity contribution >= 4 is 17.3 Å². The number of hydrogen-bond acceptors (Lipinski definition) is 4. The number of hydrogen-bond donors (Lipinski definition) is 3. The number of aryl methyl sites for hydroxylation is 1. The standard InChI is InChI=1S/C14H20N2O3/c1-8-5-10(6-11(13(8)15)14(18)19)16-4-3-12(17)9(2)7-16/h5-6,9,12,17H,3-4,7,15H2,1-2H3,(H,18,19). The van der Waals surface area contributed by atoms with Gasteiger partial charge in [-0.25, -0.2) is 4.79 Å². The Hall–Kier alpha value is -1.75. The molecule has 0 aliphatic carbocycles. The SMILES string of the molecule is Cc1cc(N2CCC(O)C(C)C2)cc(C(=O)O)c1N. The van der Waals surface area contributed by atoms with Gasteiger partial charge < -0.3 is 20.8 Å². The lowest BCUT2D eigenvalue weighted by Gasteiger charge is -2.36. The van der Waals surface area contributed by atoms with Gasteiger partial charge in [0.2, 0.25) is 0 Å². The van der Waals surface area contributed by atoms with E-state index < -0.39 is 5.97 Å². The van der Waals surface area contributed by atoms with E-state index in [1.165, 1.54) is 0 Å². The number of anilines is 2. The summed E-state index contributed by atoms with van der Waals surface area (Å²) in [6.07, 6.45) is 0.428. The molecule has 104 valence electrons. The summed E-state index contributed by atoms with van der Waals surface area (Å²) < 4.78 is 0. The Labute approximate surface area is 112 Å². The molecule has 1 aromatic rings. The highest BCUT2D eigenvalue weighted by atomic mass is 16.4. The average molecular weight is 264 g/mol. The predicted molar refractivity (Wildman–Crippen MR) is 74.6 cm³/mol. The zero-order chi connectivity index (χ0) is 14.2. The van der Waals surface area contributed by atoms with E-state index in [1.54, 1.807) is 6.07 Å². The smallest absolute Gasteiger partial charge is 0.337 e. The number of aromatic carboxylic acids is 1. The van der Waals surface area contributed by atoms with Gasteiger partial charge >= 0.3 is 5.97 Å². The molecule has 0 saturated carbocycles. The molecule has 1 aliphatic rings. The monoisotopic (exact) mass is 264 g/mol. The quantitative estimate of drug-likeness (QED) is 0.704. The maximum atomic E-state index is 11.2. The molecule has 19 heavy (non-hydrogen) atoms. The molecule has 2 rings (SSSR count). The van der Waals surface area contributed by atoms with Crippen LogP contribution in [0.1, 0.15) is 29.3 Å². The van der Waals surface area contributed by atoms with Gasteiger partial charge in [-0.15, -0.1) is 0 Å². The van der Waals surface area contributed by atoms with E-state index in [4.69, 9.17) is 10.8 Å². The molecule has 1 fully saturated rings. The van der Waals surface area contributed by atoms with Crippen LogP contribution in [0.25, 0.3) is 0 Å². The van der Waals surface area contributed by atoms with Crippen LogP contribution in [0.3, 0.4) is 0 Å². The van der Waals surface area contributed by atoms with E-state index in [2.05, 4.69) is 4.90 Å². The molecule has 0 amide bonds. The average Bonchev–Trinajstić information content (AvgIpc) is 2.35. The van der Waals surface area contributed by atoms with Gasteiger partial charge in [-0.2, -0.15) is 0 Å². The number of carboxylic acids is 1. The molecule has 1 heterocycles. The summed E-state index contributed by atoms with van der Waals surface area (Å²) in [4.78, 5) is 13.3. The number of carbonyl (C=O) groups is 1. The maximum absolute atomic E-state index is 11.2. The van der Waals surface area contributed by atoms with Gasteiger partial charge in [0, 0.05) is 24.5 Å². The second kappa shape index (κ2) is 5.09. The Kier molecular flexibility index (Phi) is 3.66. The fourth-order valence-electron chi connectivity index (χ4n) is 2.51. The van der Waals surface area contributed by atoms with Crippen molar-refractivity contribution in [1.29, 1.82) is 0 Å². The summed E-state index contributed by atoms with van der Waals surface area (Å²) in [7, 11) is 0.